The van der Waals surface area contributed by atoms with E-state index in [-0.39, 0.29) is 0 Å². The highest BCUT2D eigenvalue weighted by Gasteiger charge is 2.83. The van der Waals surface area contributed by atoms with Crippen LogP contribution >= 0.6 is 0 Å². The van der Waals surface area contributed by atoms with Gasteiger partial charge >= 0.3 is 0 Å². The van der Waals surface area contributed by atoms with Crippen molar-refractivity contribution in [1.29, 1.82) is 0 Å². The van der Waals surface area contributed by atoms with Crippen LogP contribution in [0.2, 0.25) is 0 Å². The van der Waals surface area contributed by atoms with Crippen molar-refractivity contribution in [3.05, 3.63) is 0 Å². The van der Waals surface area contributed by atoms with E-state index >= 15 is 0 Å². The number of hydrogen-bond acceptors (Lipinski definition) is 0. The summed E-state index contributed by atoms with van der Waals surface area (Å²) in [7, 11) is 0. The van der Waals surface area contributed by atoms with Crippen LogP contribution in [0.25, 0.3) is 0 Å². The predicted octanol–water partition coefficient (Wildman–Crippen LogP) is 4.10. The second kappa shape index (κ2) is 1.83. The van der Waals surface area contributed by atoms with E-state index in [0.717, 1.165) is 11.8 Å². The summed E-state index contributed by atoms with van der Waals surface area (Å²) in [5, 5.41) is 0. The third-order valence-corrected chi connectivity index (χ3v) is 7.90. The molecule has 4 saturated carbocycles. The van der Waals surface area contributed by atoms with Crippen molar-refractivity contribution in [2.75, 3.05) is 0 Å². The Hall–Kier alpha value is 0. The minimum Gasteiger partial charge on any atom is -0.0614 e. The van der Waals surface area contributed by atoms with E-state index in [2.05, 4.69) is 41.5 Å². The van der Waals surface area contributed by atoms with Crippen molar-refractivity contribution < 1.29 is 0 Å². The molecule has 4 rings (SSSR count). The van der Waals surface area contributed by atoms with Gasteiger partial charge < -0.3 is 0 Å². The SMILES string of the molecule is CC1C2(C)CC3(C)C(C)C2(C)CC13C. The van der Waals surface area contributed by atoms with Gasteiger partial charge in [0, 0.05) is 0 Å². The highest BCUT2D eigenvalue weighted by Crippen LogP contribution is 2.89. The van der Waals surface area contributed by atoms with Gasteiger partial charge in [-0.05, 0) is 46.3 Å². The highest BCUT2D eigenvalue weighted by molar-refractivity contribution is 5.31. The van der Waals surface area contributed by atoms with Crippen molar-refractivity contribution >= 4 is 0 Å². The molecule has 0 aromatic carbocycles. The van der Waals surface area contributed by atoms with Crippen LogP contribution in [0.5, 0.6) is 0 Å². The van der Waals surface area contributed by atoms with E-state index in [4.69, 9.17) is 0 Å². The van der Waals surface area contributed by atoms with Crippen LogP contribution < -0.4 is 0 Å². The van der Waals surface area contributed by atoms with Crippen molar-refractivity contribution in [2.24, 2.45) is 33.5 Å². The maximum absolute atomic E-state index is 2.57. The lowest BCUT2D eigenvalue weighted by molar-refractivity contribution is 0.0302. The van der Waals surface area contributed by atoms with Crippen LogP contribution in [0.15, 0.2) is 0 Å². The molecule has 4 fully saturated rings. The molecule has 0 radical (unpaired) electrons. The van der Waals surface area contributed by atoms with E-state index in [1.54, 1.807) is 0 Å². The van der Waals surface area contributed by atoms with Gasteiger partial charge in [0.2, 0.25) is 0 Å². The molecule has 0 nitrogen and oxygen atoms in total. The van der Waals surface area contributed by atoms with Gasteiger partial charge in [-0.3, -0.25) is 0 Å². The first-order valence-corrected chi connectivity index (χ1v) is 6.22. The lowest BCUT2D eigenvalue weighted by Gasteiger charge is -2.44. The fourth-order valence-electron chi connectivity index (χ4n) is 6.33. The van der Waals surface area contributed by atoms with Crippen molar-refractivity contribution in [1.82, 2.24) is 0 Å². The van der Waals surface area contributed by atoms with Crippen molar-refractivity contribution in [2.45, 2.75) is 54.4 Å². The summed E-state index contributed by atoms with van der Waals surface area (Å²) in [6.07, 6.45) is 2.96. The summed E-state index contributed by atoms with van der Waals surface area (Å²) in [5.74, 6) is 1.86. The van der Waals surface area contributed by atoms with Gasteiger partial charge in [0.1, 0.15) is 0 Å². The van der Waals surface area contributed by atoms with Gasteiger partial charge in [-0.2, -0.15) is 0 Å². The average molecular weight is 192 g/mol. The third-order valence-electron chi connectivity index (χ3n) is 7.90. The van der Waals surface area contributed by atoms with Crippen LogP contribution in [0, 0.1) is 33.5 Å². The molecule has 0 heteroatoms. The highest BCUT2D eigenvalue weighted by atomic mass is 14.9. The Morgan fingerprint density at radius 2 is 0.857 bits per heavy atom. The lowest BCUT2D eigenvalue weighted by atomic mass is 9.60. The number of rotatable bonds is 0. The Balaban J connectivity index is 2.28. The minimum atomic E-state index is 0.635. The Morgan fingerprint density at radius 3 is 1.00 bits per heavy atom. The normalized spacial score (nSPS) is 75.0. The van der Waals surface area contributed by atoms with E-state index in [0.29, 0.717) is 21.7 Å². The first-order valence-electron chi connectivity index (χ1n) is 6.22. The Kier molecular flexibility index (Phi) is 1.21. The minimum absolute atomic E-state index is 0.635. The predicted molar refractivity (Wildman–Crippen MR) is 60.0 cm³/mol. The second-order valence-corrected chi connectivity index (χ2v) is 7.47. The lowest BCUT2D eigenvalue weighted by Crippen LogP contribution is -2.39. The molecule has 80 valence electrons. The molecule has 4 aliphatic carbocycles. The van der Waals surface area contributed by atoms with Crippen LogP contribution in [-0.4, -0.2) is 0 Å². The molecule has 0 amide bonds. The molecule has 0 aromatic rings. The zero-order valence-corrected chi connectivity index (χ0v) is 10.6. The summed E-state index contributed by atoms with van der Waals surface area (Å²) in [4.78, 5) is 0. The second-order valence-electron chi connectivity index (χ2n) is 7.47. The van der Waals surface area contributed by atoms with Crippen LogP contribution in [0.3, 0.4) is 0 Å². The first-order chi connectivity index (χ1) is 6.22. The topological polar surface area (TPSA) is 0 Å². The molecular formula is C14H24. The fraction of sp³-hybridized carbons (Fsp3) is 1.00. The standard InChI is InChI=1S/C14H24/c1-9-11(3)7-14(6)10(2)13(11,5)8-12(9,14)4/h9-10H,7-8H2,1-6H3. The van der Waals surface area contributed by atoms with E-state index in [1.165, 1.54) is 12.8 Å². The largest absolute Gasteiger partial charge is 0.0614 e. The maximum atomic E-state index is 2.57. The van der Waals surface area contributed by atoms with Crippen LogP contribution in [-0.2, 0) is 0 Å². The van der Waals surface area contributed by atoms with Crippen molar-refractivity contribution in [3.8, 4) is 0 Å². The van der Waals surface area contributed by atoms with Gasteiger partial charge in [-0.1, -0.05) is 41.5 Å². The Labute approximate surface area is 88.5 Å². The van der Waals surface area contributed by atoms with Gasteiger partial charge in [0.05, 0.1) is 0 Å². The molecule has 0 heterocycles. The molecule has 0 saturated heterocycles. The maximum Gasteiger partial charge on any atom is -0.0232 e. The van der Waals surface area contributed by atoms with E-state index < -0.39 is 0 Å². The molecule has 0 spiro atoms. The molecule has 0 aromatic heterocycles. The summed E-state index contributed by atoms with van der Waals surface area (Å²) in [6.45, 7) is 15.3. The quantitative estimate of drug-likeness (QED) is 0.542. The number of hydrogen-bond donors (Lipinski definition) is 0. The van der Waals surface area contributed by atoms with E-state index in [9.17, 15) is 0 Å². The average Bonchev–Trinajstić information content (AvgIpc) is 2.46. The van der Waals surface area contributed by atoms with Gasteiger partial charge in [0.25, 0.3) is 0 Å². The summed E-state index contributed by atoms with van der Waals surface area (Å²) >= 11 is 0. The molecular weight excluding hydrogens is 168 g/mol. The smallest absolute Gasteiger partial charge is 0.0232 e. The van der Waals surface area contributed by atoms with Gasteiger partial charge in [0.15, 0.2) is 0 Å². The molecule has 0 aliphatic heterocycles. The molecule has 4 unspecified atom stereocenters. The summed E-state index contributed by atoms with van der Waals surface area (Å²) < 4.78 is 0. The molecule has 14 heavy (non-hydrogen) atoms. The third kappa shape index (κ3) is 0.498. The fourth-order valence-corrected chi connectivity index (χ4v) is 6.33. The summed E-state index contributed by atoms with van der Waals surface area (Å²) in [5.41, 5.74) is 2.54. The molecule has 0 N–H and O–H groups in total. The zero-order chi connectivity index (χ0) is 10.6. The molecule has 4 atom stereocenters. The first kappa shape index (κ1) is 9.24. The van der Waals surface area contributed by atoms with Crippen molar-refractivity contribution in [3.63, 3.8) is 0 Å². The van der Waals surface area contributed by atoms with E-state index in [1.807, 2.05) is 0 Å². The Morgan fingerprint density at radius 1 is 0.643 bits per heavy atom. The Bertz CT molecular complexity index is 260. The molecule has 4 aliphatic rings. The zero-order valence-electron chi connectivity index (χ0n) is 10.6. The van der Waals surface area contributed by atoms with Gasteiger partial charge in [-0.25, -0.2) is 0 Å². The monoisotopic (exact) mass is 192 g/mol. The summed E-state index contributed by atoms with van der Waals surface area (Å²) in [6, 6.07) is 0. The van der Waals surface area contributed by atoms with Crippen LogP contribution in [0.4, 0.5) is 0 Å². The molecule has 4 bridgehead atoms. The van der Waals surface area contributed by atoms with Gasteiger partial charge in [-0.15, -0.1) is 0 Å². The van der Waals surface area contributed by atoms with Crippen LogP contribution in [0.1, 0.15) is 54.4 Å².